The van der Waals surface area contributed by atoms with E-state index >= 15 is 0 Å². The van der Waals surface area contributed by atoms with Crippen molar-refractivity contribution in [1.29, 1.82) is 0 Å². The van der Waals surface area contributed by atoms with Crippen molar-refractivity contribution in [3.63, 3.8) is 0 Å². The molecule has 138 valence electrons. The van der Waals surface area contributed by atoms with Crippen LogP contribution in [0.3, 0.4) is 0 Å². The Balaban J connectivity index is 1.87. The minimum absolute atomic E-state index is 0.0809. The van der Waals surface area contributed by atoms with Crippen LogP contribution in [-0.4, -0.2) is 25.1 Å². The maximum atomic E-state index is 12.1. The van der Waals surface area contributed by atoms with Gasteiger partial charge >= 0.3 is 5.97 Å². The third kappa shape index (κ3) is 5.62. The number of rotatable bonds is 7. The van der Waals surface area contributed by atoms with Crippen molar-refractivity contribution in [2.45, 2.75) is 27.7 Å². The Kier molecular flexibility index (Phi) is 6.78. The summed E-state index contributed by atoms with van der Waals surface area (Å²) in [7, 11) is 0. The molecule has 0 heterocycles. The smallest absolute Gasteiger partial charge is 0.338 e. The average Bonchev–Trinajstić information content (AvgIpc) is 2.61. The van der Waals surface area contributed by atoms with Crippen LogP contribution in [0.5, 0.6) is 5.75 Å². The largest absolute Gasteiger partial charge is 0.483 e. The van der Waals surface area contributed by atoms with Gasteiger partial charge in [0.25, 0.3) is 5.91 Å². The third-order valence-electron chi connectivity index (χ3n) is 3.87. The molecule has 0 aliphatic carbocycles. The van der Waals surface area contributed by atoms with Gasteiger partial charge in [0.05, 0.1) is 12.2 Å². The summed E-state index contributed by atoms with van der Waals surface area (Å²) in [6, 6.07) is 12.3. The number of ether oxygens (including phenoxy) is 2. The summed E-state index contributed by atoms with van der Waals surface area (Å²) in [6.45, 7) is 8.21. The normalized spacial score (nSPS) is 10.5. The number of carbonyl (C=O) groups excluding carboxylic acids is 2. The number of amides is 1. The lowest BCUT2D eigenvalue weighted by Gasteiger charge is -2.11. The molecular formula is C21H25NO4. The van der Waals surface area contributed by atoms with Crippen LogP contribution in [0.1, 0.15) is 35.3 Å². The Morgan fingerprint density at radius 2 is 1.73 bits per heavy atom. The SMILES string of the molecule is Cc1cccc(OCC(=O)Nc2ccc(C(=O)OCC(C)C)cc2)c1C. The summed E-state index contributed by atoms with van der Waals surface area (Å²) >= 11 is 0. The first-order valence-corrected chi connectivity index (χ1v) is 8.63. The van der Waals surface area contributed by atoms with Crippen LogP contribution >= 0.6 is 0 Å². The van der Waals surface area contributed by atoms with Crippen molar-refractivity contribution in [3.05, 3.63) is 59.2 Å². The fourth-order valence-corrected chi connectivity index (χ4v) is 2.24. The molecule has 0 atom stereocenters. The van der Waals surface area contributed by atoms with Gasteiger partial charge in [0, 0.05) is 5.69 Å². The number of carbonyl (C=O) groups is 2. The van der Waals surface area contributed by atoms with Crippen molar-refractivity contribution in [2.24, 2.45) is 5.92 Å². The first kappa shape index (κ1) is 19.5. The second kappa shape index (κ2) is 9.04. The lowest BCUT2D eigenvalue weighted by molar-refractivity contribution is -0.118. The molecule has 0 spiro atoms. The first-order chi connectivity index (χ1) is 12.4. The Morgan fingerprint density at radius 1 is 1.04 bits per heavy atom. The molecular weight excluding hydrogens is 330 g/mol. The van der Waals surface area contributed by atoms with E-state index < -0.39 is 0 Å². The van der Waals surface area contributed by atoms with Gasteiger partial charge in [0.2, 0.25) is 0 Å². The number of aryl methyl sites for hydroxylation is 1. The second-order valence-electron chi connectivity index (χ2n) is 6.60. The Morgan fingerprint density at radius 3 is 2.38 bits per heavy atom. The number of nitrogens with one attached hydrogen (secondary N) is 1. The van der Waals surface area contributed by atoms with Gasteiger partial charge in [-0.05, 0) is 61.2 Å². The minimum atomic E-state index is -0.366. The number of benzene rings is 2. The molecule has 2 aromatic rings. The average molecular weight is 355 g/mol. The van der Waals surface area contributed by atoms with Gasteiger partial charge < -0.3 is 14.8 Å². The highest BCUT2D eigenvalue weighted by atomic mass is 16.5. The Labute approximate surface area is 154 Å². The molecule has 0 unspecified atom stereocenters. The summed E-state index contributed by atoms with van der Waals surface area (Å²) < 4.78 is 10.8. The molecule has 0 saturated heterocycles. The van der Waals surface area contributed by atoms with Crippen LogP contribution in [0.2, 0.25) is 0 Å². The summed E-state index contributed by atoms with van der Waals surface area (Å²) in [5.41, 5.74) is 3.18. The monoisotopic (exact) mass is 355 g/mol. The number of hydrogen-bond acceptors (Lipinski definition) is 4. The van der Waals surface area contributed by atoms with Crippen LogP contribution in [-0.2, 0) is 9.53 Å². The van der Waals surface area contributed by atoms with Gasteiger partial charge in [0.15, 0.2) is 6.61 Å². The molecule has 0 radical (unpaired) electrons. The van der Waals surface area contributed by atoms with Gasteiger partial charge in [-0.1, -0.05) is 26.0 Å². The van der Waals surface area contributed by atoms with E-state index in [1.165, 1.54) is 0 Å². The van der Waals surface area contributed by atoms with Crippen LogP contribution < -0.4 is 10.1 Å². The molecule has 0 aromatic heterocycles. The molecule has 5 nitrogen and oxygen atoms in total. The van der Waals surface area contributed by atoms with E-state index in [4.69, 9.17) is 9.47 Å². The predicted octanol–water partition coefficient (Wildman–Crippen LogP) is 4.13. The summed E-state index contributed by atoms with van der Waals surface area (Å²) in [5.74, 6) is 0.355. The van der Waals surface area contributed by atoms with E-state index in [0.29, 0.717) is 23.6 Å². The van der Waals surface area contributed by atoms with E-state index in [-0.39, 0.29) is 24.4 Å². The van der Waals surface area contributed by atoms with Crippen LogP contribution in [0.15, 0.2) is 42.5 Å². The third-order valence-corrected chi connectivity index (χ3v) is 3.87. The van der Waals surface area contributed by atoms with Crippen molar-refractivity contribution >= 4 is 17.6 Å². The highest BCUT2D eigenvalue weighted by Crippen LogP contribution is 2.20. The molecule has 0 aliphatic heterocycles. The second-order valence-corrected chi connectivity index (χ2v) is 6.60. The molecule has 0 fully saturated rings. The summed E-state index contributed by atoms with van der Waals surface area (Å²) in [6.07, 6.45) is 0. The highest BCUT2D eigenvalue weighted by Gasteiger charge is 2.10. The van der Waals surface area contributed by atoms with Crippen molar-refractivity contribution in [2.75, 3.05) is 18.5 Å². The maximum Gasteiger partial charge on any atom is 0.338 e. The number of hydrogen-bond donors (Lipinski definition) is 1. The quantitative estimate of drug-likeness (QED) is 0.758. The van der Waals surface area contributed by atoms with Gasteiger partial charge in [-0.3, -0.25) is 4.79 Å². The number of anilines is 1. The molecule has 0 saturated carbocycles. The first-order valence-electron chi connectivity index (χ1n) is 8.63. The molecule has 0 aliphatic rings. The fourth-order valence-electron chi connectivity index (χ4n) is 2.24. The standard InChI is InChI=1S/C21H25NO4/c1-14(2)12-26-21(24)17-8-10-18(11-9-17)22-20(23)13-25-19-7-5-6-15(3)16(19)4/h5-11,14H,12-13H2,1-4H3,(H,22,23). The zero-order valence-corrected chi connectivity index (χ0v) is 15.7. The van der Waals surface area contributed by atoms with Crippen LogP contribution in [0, 0.1) is 19.8 Å². The van der Waals surface area contributed by atoms with Crippen LogP contribution in [0.25, 0.3) is 0 Å². The topological polar surface area (TPSA) is 64.6 Å². The molecule has 1 N–H and O–H groups in total. The van der Waals surface area contributed by atoms with Gasteiger partial charge in [0.1, 0.15) is 5.75 Å². The number of esters is 1. The van der Waals surface area contributed by atoms with E-state index in [0.717, 1.165) is 11.1 Å². The lowest BCUT2D eigenvalue weighted by Crippen LogP contribution is -2.20. The van der Waals surface area contributed by atoms with Crippen molar-refractivity contribution in [1.82, 2.24) is 0 Å². The highest BCUT2D eigenvalue weighted by molar-refractivity contribution is 5.93. The summed E-state index contributed by atoms with van der Waals surface area (Å²) in [4.78, 5) is 23.9. The van der Waals surface area contributed by atoms with Gasteiger partial charge in [-0.2, -0.15) is 0 Å². The van der Waals surface area contributed by atoms with Gasteiger partial charge in [-0.25, -0.2) is 4.79 Å². The summed E-state index contributed by atoms with van der Waals surface area (Å²) in [5, 5.41) is 2.75. The fraction of sp³-hybridized carbons (Fsp3) is 0.333. The minimum Gasteiger partial charge on any atom is -0.483 e. The predicted molar refractivity (Wildman–Crippen MR) is 102 cm³/mol. The molecule has 1 amide bonds. The van der Waals surface area contributed by atoms with Crippen molar-refractivity contribution < 1.29 is 19.1 Å². The van der Waals surface area contributed by atoms with E-state index in [1.54, 1.807) is 24.3 Å². The lowest BCUT2D eigenvalue weighted by atomic mass is 10.1. The molecule has 2 rings (SSSR count). The van der Waals surface area contributed by atoms with E-state index in [2.05, 4.69) is 5.32 Å². The van der Waals surface area contributed by atoms with E-state index in [9.17, 15) is 9.59 Å². The van der Waals surface area contributed by atoms with E-state index in [1.807, 2.05) is 45.9 Å². The molecule has 5 heteroatoms. The molecule has 0 bridgehead atoms. The molecule has 26 heavy (non-hydrogen) atoms. The maximum absolute atomic E-state index is 12.1. The van der Waals surface area contributed by atoms with Gasteiger partial charge in [-0.15, -0.1) is 0 Å². The van der Waals surface area contributed by atoms with Crippen LogP contribution in [0.4, 0.5) is 5.69 Å². The zero-order chi connectivity index (χ0) is 19.1. The molecule has 2 aromatic carbocycles. The Hall–Kier alpha value is -2.82. The van der Waals surface area contributed by atoms with Crippen molar-refractivity contribution in [3.8, 4) is 5.75 Å². The zero-order valence-electron chi connectivity index (χ0n) is 15.7. The Bertz CT molecular complexity index is 766.